The molecule has 1 fully saturated rings. The van der Waals surface area contributed by atoms with Crippen LogP contribution in [-0.4, -0.2) is 78.0 Å². The van der Waals surface area contributed by atoms with E-state index in [0.717, 1.165) is 28.2 Å². The summed E-state index contributed by atoms with van der Waals surface area (Å²) in [6.45, 7) is 0.0825. The van der Waals surface area contributed by atoms with Crippen molar-refractivity contribution in [2.45, 2.75) is 30.5 Å². The zero-order valence-electron chi connectivity index (χ0n) is 26.8. The van der Waals surface area contributed by atoms with Crippen LogP contribution in [0.5, 0.6) is 11.5 Å². The molecule has 3 heterocycles. The van der Waals surface area contributed by atoms with Crippen LogP contribution in [0.3, 0.4) is 0 Å². The van der Waals surface area contributed by atoms with E-state index in [2.05, 4.69) is 20.9 Å². The van der Waals surface area contributed by atoms with Gasteiger partial charge in [0, 0.05) is 26.7 Å². The van der Waals surface area contributed by atoms with Crippen molar-refractivity contribution in [2.24, 2.45) is 4.99 Å². The quantitative estimate of drug-likeness (QED) is 0.0906. The summed E-state index contributed by atoms with van der Waals surface area (Å²) in [5.41, 5.74) is 2.80. The Morgan fingerprint density at radius 2 is 1.60 bits per heavy atom. The van der Waals surface area contributed by atoms with Gasteiger partial charge in [0.05, 0.1) is 44.2 Å². The molecule has 1 aliphatic heterocycles. The molecule has 1 aliphatic rings. The SMILES string of the molecule is C#Cc1cn([C@H]2C[C@H](O)[C@@H](COC(c3ccccc3)(c3ccc(OC)cc3)c3ccc(OC)cc3)O2)c2ncnc(N=CN(C)C)c12. The summed E-state index contributed by atoms with van der Waals surface area (Å²) in [7, 11) is 7.03. The predicted molar refractivity (Wildman–Crippen MR) is 180 cm³/mol. The lowest BCUT2D eigenvalue weighted by atomic mass is 9.80. The van der Waals surface area contributed by atoms with E-state index in [9.17, 15) is 5.11 Å². The molecule has 0 aliphatic carbocycles. The average molecular weight is 632 g/mol. The Kier molecular flexibility index (Phi) is 9.22. The van der Waals surface area contributed by atoms with Crippen LogP contribution in [-0.2, 0) is 15.1 Å². The van der Waals surface area contributed by atoms with Crippen molar-refractivity contribution < 1.29 is 24.1 Å². The van der Waals surface area contributed by atoms with Gasteiger partial charge in [-0.3, -0.25) is 0 Å². The minimum atomic E-state index is -1.05. The number of aromatic nitrogens is 3. The van der Waals surface area contributed by atoms with E-state index in [4.69, 9.17) is 25.4 Å². The lowest BCUT2D eigenvalue weighted by Crippen LogP contribution is -2.38. The Hall–Kier alpha value is -5.21. The van der Waals surface area contributed by atoms with Crippen molar-refractivity contribution in [1.29, 1.82) is 0 Å². The summed E-state index contributed by atoms with van der Waals surface area (Å²) in [5, 5.41) is 12.0. The highest BCUT2D eigenvalue weighted by Gasteiger charge is 2.42. The fourth-order valence-electron chi connectivity index (χ4n) is 5.98. The molecule has 0 amide bonds. The summed E-state index contributed by atoms with van der Waals surface area (Å²) < 4.78 is 26.3. The molecule has 240 valence electrons. The summed E-state index contributed by atoms with van der Waals surface area (Å²) in [6.07, 6.45) is 9.10. The van der Waals surface area contributed by atoms with Gasteiger partial charge in [0.15, 0.2) is 5.82 Å². The molecule has 10 nitrogen and oxygen atoms in total. The highest BCUT2D eigenvalue weighted by Crippen LogP contribution is 2.43. The van der Waals surface area contributed by atoms with E-state index in [1.807, 2.05) is 102 Å². The Balaban J connectivity index is 1.36. The normalized spacial score (nSPS) is 18.0. The number of aliphatic hydroxyl groups is 1. The van der Waals surface area contributed by atoms with Crippen molar-refractivity contribution in [2.75, 3.05) is 34.9 Å². The topological polar surface area (TPSA) is 103 Å². The number of aliphatic imine (C=N–C) groups is 1. The molecule has 6 rings (SSSR count). The zero-order valence-corrected chi connectivity index (χ0v) is 26.8. The number of hydrogen-bond donors (Lipinski definition) is 1. The lowest BCUT2D eigenvalue weighted by molar-refractivity contribution is -0.0930. The van der Waals surface area contributed by atoms with Crippen LogP contribution in [0.4, 0.5) is 5.82 Å². The van der Waals surface area contributed by atoms with Crippen LogP contribution < -0.4 is 9.47 Å². The third-order valence-electron chi connectivity index (χ3n) is 8.31. The van der Waals surface area contributed by atoms with Gasteiger partial charge >= 0.3 is 0 Å². The number of ether oxygens (including phenoxy) is 4. The van der Waals surface area contributed by atoms with Gasteiger partial charge in [0.2, 0.25) is 0 Å². The van der Waals surface area contributed by atoms with E-state index >= 15 is 0 Å². The van der Waals surface area contributed by atoms with Crippen LogP contribution in [0.15, 0.2) is 96.4 Å². The summed E-state index contributed by atoms with van der Waals surface area (Å²) in [4.78, 5) is 15.2. The summed E-state index contributed by atoms with van der Waals surface area (Å²) in [6, 6.07) is 25.6. The molecule has 0 radical (unpaired) electrons. The first-order valence-electron chi connectivity index (χ1n) is 15.2. The Morgan fingerprint density at radius 1 is 0.979 bits per heavy atom. The van der Waals surface area contributed by atoms with E-state index in [1.165, 1.54) is 6.33 Å². The Labute approximate surface area is 274 Å². The standard InChI is InChI=1S/C37H37N5O5/c1-6-25-21-42(36-34(25)35(38-23-39-36)40-24-41(2)3)33-20-31(43)32(47-33)22-46-37(26-10-8-7-9-11-26,27-12-16-29(44-4)17-13-27)28-14-18-30(45-5)19-15-28/h1,7-19,21,23-24,31-33,43H,20,22H2,2-5H3/t31-,32+,33+/m0/s1. The molecule has 0 bridgehead atoms. The first-order chi connectivity index (χ1) is 22.9. The van der Waals surface area contributed by atoms with Crippen molar-refractivity contribution in [3.8, 4) is 23.8 Å². The fourth-order valence-corrected chi connectivity index (χ4v) is 5.98. The molecule has 10 heteroatoms. The van der Waals surface area contributed by atoms with E-state index in [1.54, 1.807) is 26.8 Å². The van der Waals surface area contributed by atoms with Gasteiger partial charge in [-0.1, -0.05) is 60.5 Å². The smallest absolute Gasteiger partial charge is 0.167 e. The van der Waals surface area contributed by atoms with Gasteiger partial charge in [0.1, 0.15) is 41.4 Å². The number of methoxy groups -OCH3 is 2. The molecular weight excluding hydrogens is 594 g/mol. The molecule has 2 aromatic heterocycles. The van der Waals surface area contributed by atoms with Crippen LogP contribution in [0.1, 0.15) is 34.9 Å². The minimum Gasteiger partial charge on any atom is -0.497 e. The van der Waals surface area contributed by atoms with Gasteiger partial charge in [-0.25, -0.2) is 15.0 Å². The highest BCUT2D eigenvalue weighted by atomic mass is 16.6. The largest absolute Gasteiger partial charge is 0.497 e. The predicted octanol–water partition coefficient (Wildman–Crippen LogP) is 5.31. The van der Waals surface area contributed by atoms with Crippen LogP contribution in [0.25, 0.3) is 11.0 Å². The summed E-state index contributed by atoms with van der Waals surface area (Å²) in [5.74, 6) is 4.65. The number of fused-ring (bicyclic) bond motifs is 1. The van der Waals surface area contributed by atoms with Gasteiger partial charge in [-0.2, -0.15) is 0 Å². The van der Waals surface area contributed by atoms with Gasteiger partial charge < -0.3 is 33.5 Å². The number of benzene rings is 3. The second-order valence-corrected chi connectivity index (χ2v) is 11.4. The maximum Gasteiger partial charge on any atom is 0.167 e. The average Bonchev–Trinajstić information content (AvgIpc) is 3.68. The van der Waals surface area contributed by atoms with Crippen molar-refractivity contribution >= 4 is 23.2 Å². The van der Waals surface area contributed by atoms with E-state index in [-0.39, 0.29) is 6.61 Å². The highest BCUT2D eigenvalue weighted by molar-refractivity contribution is 5.93. The maximum absolute atomic E-state index is 11.3. The minimum absolute atomic E-state index is 0.0825. The first kappa shape index (κ1) is 31.8. The van der Waals surface area contributed by atoms with Crippen LogP contribution >= 0.6 is 0 Å². The van der Waals surface area contributed by atoms with Crippen molar-refractivity contribution in [3.05, 3.63) is 114 Å². The third-order valence-corrected chi connectivity index (χ3v) is 8.31. The maximum atomic E-state index is 11.3. The van der Waals surface area contributed by atoms with Crippen LogP contribution in [0, 0.1) is 12.3 Å². The molecule has 3 aromatic carbocycles. The summed E-state index contributed by atoms with van der Waals surface area (Å²) >= 11 is 0. The number of terminal acetylenes is 1. The molecule has 1 saturated heterocycles. The molecule has 1 N–H and O–H groups in total. The second kappa shape index (κ2) is 13.6. The molecular formula is C37H37N5O5. The molecule has 47 heavy (non-hydrogen) atoms. The third kappa shape index (κ3) is 6.16. The number of rotatable bonds is 11. The lowest BCUT2D eigenvalue weighted by Gasteiger charge is -2.37. The number of aliphatic hydroxyl groups excluding tert-OH is 1. The Bertz CT molecular complexity index is 1830. The van der Waals surface area contributed by atoms with Gasteiger partial charge in [-0.15, -0.1) is 6.42 Å². The molecule has 3 atom stereocenters. The monoisotopic (exact) mass is 631 g/mol. The van der Waals surface area contributed by atoms with Gasteiger partial charge in [0.25, 0.3) is 0 Å². The van der Waals surface area contributed by atoms with Gasteiger partial charge in [-0.05, 0) is 41.0 Å². The van der Waals surface area contributed by atoms with Crippen LogP contribution in [0.2, 0.25) is 0 Å². The molecule has 0 saturated carbocycles. The number of nitrogens with zero attached hydrogens (tertiary/aromatic N) is 5. The van der Waals surface area contributed by atoms with Crippen molar-refractivity contribution in [3.63, 3.8) is 0 Å². The zero-order chi connectivity index (χ0) is 33.0. The Morgan fingerprint density at radius 3 is 2.17 bits per heavy atom. The molecule has 0 unspecified atom stereocenters. The van der Waals surface area contributed by atoms with Crippen molar-refractivity contribution in [1.82, 2.24) is 19.4 Å². The fraction of sp³-hybridized carbons (Fsp3) is 0.270. The molecule has 5 aromatic rings. The van der Waals surface area contributed by atoms with E-state index < -0.39 is 24.0 Å². The number of hydrogen-bond acceptors (Lipinski definition) is 8. The molecule has 0 spiro atoms. The first-order valence-corrected chi connectivity index (χ1v) is 15.2. The second-order valence-electron chi connectivity index (χ2n) is 11.4. The van der Waals surface area contributed by atoms with E-state index in [0.29, 0.717) is 28.8 Å².